The molecule has 1 unspecified atom stereocenters. The fourth-order valence-corrected chi connectivity index (χ4v) is 1.49. The summed E-state index contributed by atoms with van der Waals surface area (Å²) in [7, 11) is 0. The molecule has 1 aromatic carbocycles. The van der Waals surface area contributed by atoms with Crippen molar-refractivity contribution in [2.45, 2.75) is 32.8 Å². The van der Waals surface area contributed by atoms with Crippen molar-refractivity contribution < 1.29 is 14.3 Å². The predicted octanol–water partition coefficient (Wildman–Crippen LogP) is 1.27. The van der Waals surface area contributed by atoms with E-state index in [0.717, 1.165) is 12.0 Å². The van der Waals surface area contributed by atoms with Crippen LogP contribution in [0.1, 0.15) is 25.8 Å². The molecule has 0 aliphatic rings. The van der Waals surface area contributed by atoms with E-state index in [-0.39, 0.29) is 12.3 Å². The first-order valence-corrected chi connectivity index (χ1v) is 6.34. The van der Waals surface area contributed by atoms with Gasteiger partial charge in [0.25, 0.3) is 5.91 Å². The molecule has 5 nitrogen and oxygen atoms in total. The van der Waals surface area contributed by atoms with Crippen LogP contribution in [-0.2, 0) is 20.7 Å². The standard InChI is InChI=1S/C14H20N2O3/c1-3-8-16-14(18)10(2)19-13(17)9-11-4-6-12(15)7-5-11/h4-7,10H,3,8-9,15H2,1-2H3,(H,16,18). The number of nitrogens with two attached hydrogens (primary N) is 1. The smallest absolute Gasteiger partial charge is 0.311 e. The topological polar surface area (TPSA) is 81.4 Å². The Morgan fingerprint density at radius 3 is 2.53 bits per heavy atom. The van der Waals surface area contributed by atoms with Crippen LogP contribution in [0.3, 0.4) is 0 Å². The summed E-state index contributed by atoms with van der Waals surface area (Å²) in [6.07, 6.45) is 0.205. The van der Waals surface area contributed by atoms with Gasteiger partial charge in [-0.1, -0.05) is 19.1 Å². The van der Waals surface area contributed by atoms with Gasteiger partial charge in [0.1, 0.15) is 0 Å². The van der Waals surface area contributed by atoms with E-state index in [1.54, 1.807) is 31.2 Å². The number of nitrogens with one attached hydrogen (secondary N) is 1. The molecule has 1 atom stereocenters. The zero-order valence-corrected chi connectivity index (χ0v) is 11.3. The summed E-state index contributed by atoms with van der Waals surface area (Å²) in [5.41, 5.74) is 7.00. The van der Waals surface area contributed by atoms with Crippen molar-refractivity contribution in [2.75, 3.05) is 12.3 Å². The average Bonchev–Trinajstić information content (AvgIpc) is 2.38. The molecule has 0 saturated carbocycles. The highest BCUT2D eigenvalue weighted by molar-refractivity contribution is 5.83. The Morgan fingerprint density at radius 2 is 1.95 bits per heavy atom. The molecule has 0 aliphatic carbocycles. The number of esters is 1. The lowest BCUT2D eigenvalue weighted by Crippen LogP contribution is -2.36. The molecule has 5 heteroatoms. The van der Waals surface area contributed by atoms with Crippen molar-refractivity contribution in [1.29, 1.82) is 0 Å². The fourth-order valence-electron chi connectivity index (χ4n) is 1.49. The van der Waals surface area contributed by atoms with Crippen LogP contribution in [0.25, 0.3) is 0 Å². The minimum Gasteiger partial charge on any atom is -0.452 e. The average molecular weight is 264 g/mol. The van der Waals surface area contributed by atoms with Crippen LogP contribution in [0.4, 0.5) is 5.69 Å². The van der Waals surface area contributed by atoms with E-state index in [1.807, 2.05) is 6.92 Å². The Morgan fingerprint density at radius 1 is 1.32 bits per heavy atom. The number of amides is 1. The van der Waals surface area contributed by atoms with Crippen molar-refractivity contribution in [3.05, 3.63) is 29.8 Å². The first-order chi connectivity index (χ1) is 9.02. The van der Waals surface area contributed by atoms with Crippen LogP contribution in [-0.4, -0.2) is 24.5 Å². The molecular formula is C14H20N2O3. The molecule has 0 fully saturated rings. The molecule has 0 saturated heterocycles. The van der Waals surface area contributed by atoms with Crippen molar-refractivity contribution in [2.24, 2.45) is 0 Å². The maximum Gasteiger partial charge on any atom is 0.311 e. The zero-order valence-electron chi connectivity index (χ0n) is 11.3. The predicted molar refractivity (Wildman–Crippen MR) is 73.4 cm³/mol. The van der Waals surface area contributed by atoms with Gasteiger partial charge >= 0.3 is 5.97 Å². The lowest BCUT2D eigenvalue weighted by atomic mass is 10.1. The van der Waals surface area contributed by atoms with Gasteiger partial charge in [-0.05, 0) is 31.0 Å². The normalized spacial score (nSPS) is 11.7. The second-order valence-electron chi connectivity index (χ2n) is 4.34. The Hall–Kier alpha value is -2.04. The summed E-state index contributed by atoms with van der Waals surface area (Å²) >= 11 is 0. The van der Waals surface area contributed by atoms with E-state index >= 15 is 0 Å². The molecule has 104 valence electrons. The number of hydrogen-bond donors (Lipinski definition) is 2. The maximum atomic E-state index is 11.7. The van der Waals surface area contributed by atoms with Gasteiger partial charge in [0.2, 0.25) is 0 Å². The van der Waals surface area contributed by atoms with E-state index in [0.29, 0.717) is 12.2 Å². The van der Waals surface area contributed by atoms with Crippen LogP contribution in [0.5, 0.6) is 0 Å². The lowest BCUT2D eigenvalue weighted by Gasteiger charge is -2.13. The van der Waals surface area contributed by atoms with Crippen molar-refractivity contribution >= 4 is 17.6 Å². The number of rotatable bonds is 6. The first-order valence-electron chi connectivity index (χ1n) is 6.34. The highest BCUT2D eigenvalue weighted by Crippen LogP contribution is 2.07. The minimum absolute atomic E-state index is 0.131. The minimum atomic E-state index is -0.771. The summed E-state index contributed by atoms with van der Waals surface area (Å²) in [5, 5.41) is 2.68. The largest absolute Gasteiger partial charge is 0.452 e. The summed E-state index contributed by atoms with van der Waals surface area (Å²) < 4.78 is 5.06. The van der Waals surface area contributed by atoms with E-state index in [4.69, 9.17) is 10.5 Å². The van der Waals surface area contributed by atoms with Crippen molar-refractivity contribution in [3.8, 4) is 0 Å². The zero-order chi connectivity index (χ0) is 14.3. The molecule has 0 aromatic heterocycles. The number of carbonyl (C=O) groups excluding carboxylic acids is 2. The molecular weight excluding hydrogens is 244 g/mol. The van der Waals surface area contributed by atoms with Gasteiger partial charge < -0.3 is 15.8 Å². The van der Waals surface area contributed by atoms with Gasteiger partial charge in [-0.2, -0.15) is 0 Å². The van der Waals surface area contributed by atoms with Crippen LogP contribution in [0.2, 0.25) is 0 Å². The second kappa shape index (κ2) is 7.41. The summed E-state index contributed by atoms with van der Waals surface area (Å²) in [4.78, 5) is 23.2. The van der Waals surface area contributed by atoms with Crippen LogP contribution in [0, 0.1) is 0 Å². The molecule has 0 bridgehead atoms. The van der Waals surface area contributed by atoms with E-state index < -0.39 is 12.1 Å². The molecule has 1 aromatic rings. The number of carbonyl (C=O) groups is 2. The second-order valence-corrected chi connectivity index (χ2v) is 4.34. The van der Waals surface area contributed by atoms with Gasteiger partial charge in [0, 0.05) is 12.2 Å². The summed E-state index contributed by atoms with van der Waals surface area (Å²) in [6, 6.07) is 6.97. The quantitative estimate of drug-likeness (QED) is 0.599. The number of hydrogen-bond acceptors (Lipinski definition) is 4. The maximum absolute atomic E-state index is 11.7. The van der Waals surface area contributed by atoms with Crippen molar-refractivity contribution in [1.82, 2.24) is 5.32 Å². The number of anilines is 1. The Labute approximate surface area is 113 Å². The van der Waals surface area contributed by atoms with Gasteiger partial charge in [-0.25, -0.2) is 0 Å². The molecule has 1 rings (SSSR count). The van der Waals surface area contributed by atoms with Gasteiger partial charge in [-0.3, -0.25) is 9.59 Å². The molecule has 0 heterocycles. The highest BCUT2D eigenvalue weighted by atomic mass is 16.5. The molecule has 0 radical (unpaired) electrons. The van der Waals surface area contributed by atoms with Crippen molar-refractivity contribution in [3.63, 3.8) is 0 Å². The summed E-state index contributed by atoms with van der Waals surface area (Å²) in [5.74, 6) is -0.698. The third-order valence-corrected chi connectivity index (χ3v) is 2.55. The third kappa shape index (κ3) is 5.42. The van der Waals surface area contributed by atoms with Gasteiger partial charge in [-0.15, -0.1) is 0 Å². The fraction of sp³-hybridized carbons (Fsp3) is 0.429. The Balaban J connectivity index is 2.42. The van der Waals surface area contributed by atoms with E-state index in [1.165, 1.54) is 0 Å². The van der Waals surface area contributed by atoms with E-state index in [2.05, 4.69) is 5.32 Å². The molecule has 1 amide bonds. The summed E-state index contributed by atoms with van der Waals surface area (Å²) in [6.45, 7) is 4.10. The SMILES string of the molecule is CCCNC(=O)C(C)OC(=O)Cc1ccc(N)cc1. The molecule has 0 spiro atoms. The molecule has 3 N–H and O–H groups in total. The number of ether oxygens (including phenoxy) is 1. The number of benzene rings is 1. The third-order valence-electron chi connectivity index (χ3n) is 2.55. The molecule has 19 heavy (non-hydrogen) atoms. The monoisotopic (exact) mass is 264 g/mol. The Kier molecular flexibility index (Phi) is 5.85. The lowest BCUT2D eigenvalue weighted by molar-refractivity contribution is -0.154. The van der Waals surface area contributed by atoms with Gasteiger partial charge in [0.15, 0.2) is 6.10 Å². The first kappa shape index (κ1) is 15.0. The highest BCUT2D eigenvalue weighted by Gasteiger charge is 2.17. The van der Waals surface area contributed by atoms with Crippen LogP contribution in [0.15, 0.2) is 24.3 Å². The number of nitrogen functional groups attached to an aromatic ring is 1. The van der Waals surface area contributed by atoms with E-state index in [9.17, 15) is 9.59 Å². The van der Waals surface area contributed by atoms with Gasteiger partial charge in [0.05, 0.1) is 6.42 Å². The van der Waals surface area contributed by atoms with Crippen LogP contribution >= 0.6 is 0 Å². The molecule has 0 aliphatic heterocycles. The van der Waals surface area contributed by atoms with Crippen LogP contribution < -0.4 is 11.1 Å². The Bertz CT molecular complexity index is 429.